The number of nitrogens with zero attached hydrogens (tertiary/aromatic N) is 2. The maximum Gasteiger partial charge on any atom is 0.254 e. The molecule has 2 aromatic rings. The van der Waals surface area contributed by atoms with Gasteiger partial charge in [0.15, 0.2) is 0 Å². The lowest BCUT2D eigenvalue weighted by atomic mass is 10.1. The first-order valence-electron chi connectivity index (χ1n) is 8.83. The van der Waals surface area contributed by atoms with Gasteiger partial charge in [-0.3, -0.25) is 4.79 Å². The number of hydrogen-bond donors (Lipinski definition) is 0. The van der Waals surface area contributed by atoms with Crippen LogP contribution in [0.4, 0.5) is 0 Å². The van der Waals surface area contributed by atoms with Crippen LogP contribution in [0.25, 0.3) is 0 Å². The van der Waals surface area contributed by atoms with Crippen molar-refractivity contribution in [3.05, 3.63) is 59.2 Å². The van der Waals surface area contributed by atoms with Gasteiger partial charge in [0.25, 0.3) is 5.91 Å². The summed E-state index contributed by atoms with van der Waals surface area (Å²) in [4.78, 5) is 14.7. The molecular formula is C20H24N2O4S. The number of hydrogen-bond acceptors (Lipinski definition) is 4. The largest absolute Gasteiger partial charge is 0.497 e. The lowest BCUT2D eigenvalue weighted by Crippen LogP contribution is -2.50. The maximum atomic E-state index is 13.0. The van der Waals surface area contributed by atoms with Crippen LogP contribution in [0, 0.1) is 13.8 Å². The molecular weight excluding hydrogens is 364 g/mol. The van der Waals surface area contributed by atoms with E-state index in [1.54, 1.807) is 49.3 Å². The fraction of sp³-hybridized carbons (Fsp3) is 0.350. The number of carbonyl (C=O) groups is 1. The quantitative estimate of drug-likeness (QED) is 0.807. The van der Waals surface area contributed by atoms with Crippen LogP contribution in [0.15, 0.2) is 47.4 Å². The highest BCUT2D eigenvalue weighted by Crippen LogP contribution is 2.23. The number of methoxy groups -OCH3 is 1. The Kier molecular flexibility index (Phi) is 5.53. The standard InChI is InChI=1S/C20H24N2O4S/c1-15-7-8-16(2)19(13-15)27(24,25)22-11-9-21(10-12-22)20(23)17-5-4-6-18(14-17)26-3/h4-8,13-14H,9-12H2,1-3H3. The minimum absolute atomic E-state index is 0.113. The molecule has 0 aliphatic carbocycles. The van der Waals surface area contributed by atoms with Crippen molar-refractivity contribution in [1.29, 1.82) is 0 Å². The predicted octanol–water partition coefficient (Wildman–Crippen LogP) is 2.46. The zero-order chi connectivity index (χ0) is 19.6. The smallest absolute Gasteiger partial charge is 0.254 e. The minimum atomic E-state index is -3.56. The van der Waals surface area contributed by atoms with Gasteiger partial charge >= 0.3 is 0 Å². The topological polar surface area (TPSA) is 66.9 Å². The molecule has 1 aliphatic heterocycles. The average molecular weight is 388 g/mol. The summed E-state index contributed by atoms with van der Waals surface area (Å²) in [6.45, 7) is 4.97. The number of amides is 1. The molecule has 1 saturated heterocycles. The normalized spacial score (nSPS) is 15.6. The van der Waals surface area contributed by atoms with Gasteiger partial charge in [-0.15, -0.1) is 0 Å². The Balaban J connectivity index is 1.73. The van der Waals surface area contributed by atoms with Crippen molar-refractivity contribution in [2.24, 2.45) is 0 Å². The van der Waals surface area contributed by atoms with Crippen molar-refractivity contribution in [3.63, 3.8) is 0 Å². The summed E-state index contributed by atoms with van der Waals surface area (Å²) < 4.78 is 32.6. The summed E-state index contributed by atoms with van der Waals surface area (Å²) in [5.74, 6) is 0.509. The lowest BCUT2D eigenvalue weighted by Gasteiger charge is -2.34. The van der Waals surface area contributed by atoms with E-state index >= 15 is 0 Å². The van der Waals surface area contributed by atoms with Crippen LogP contribution in [-0.4, -0.2) is 56.8 Å². The van der Waals surface area contributed by atoms with Crippen molar-refractivity contribution in [3.8, 4) is 5.75 Å². The molecule has 6 nitrogen and oxygen atoms in total. The van der Waals surface area contributed by atoms with Gasteiger partial charge in [-0.2, -0.15) is 4.31 Å². The molecule has 0 saturated carbocycles. The molecule has 1 amide bonds. The van der Waals surface area contributed by atoms with E-state index in [2.05, 4.69) is 0 Å². The van der Waals surface area contributed by atoms with Crippen molar-refractivity contribution in [1.82, 2.24) is 9.21 Å². The molecule has 0 aromatic heterocycles. The highest BCUT2D eigenvalue weighted by atomic mass is 32.2. The molecule has 0 bridgehead atoms. The SMILES string of the molecule is COc1cccc(C(=O)N2CCN(S(=O)(=O)c3cc(C)ccc3C)CC2)c1. The Bertz CT molecular complexity index is 948. The molecule has 0 radical (unpaired) electrons. The van der Waals surface area contributed by atoms with Crippen LogP contribution >= 0.6 is 0 Å². The van der Waals surface area contributed by atoms with Gasteiger partial charge in [-0.25, -0.2) is 8.42 Å². The zero-order valence-electron chi connectivity index (χ0n) is 15.8. The maximum absolute atomic E-state index is 13.0. The Labute approximate surface area is 160 Å². The molecule has 0 unspecified atom stereocenters. The first-order valence-corrected chi connectivity index (χ1v) is 10.3. The first-order chi connectivity index (χ1) is 12.8. The van der Waals surface area contributed by atoms with Gasteiger partial charge in [-0.1, -0.05) is 18.2 Å². The fourth-order valence-electron chi connectivity index (χ4n) is 3.19. The monoisotopic (exact) mass is 388 g/mol. The molecule has 1 heterocycles. The third-order valence-electron chi connectivity index (χ3n) is 4.80. The Hall–Kier alpha value is -2.38. The summed E-state index contributed by atoms with van der Waals surface area (Å²) in [6.07, 6.45) is 0. The van der Waals surface area contributed by atoms with E-state index in [-0.39, 0.29) is 19.0 Å². The van der Waals surface area contributed by atoms with Gasteiger partial charge in [0, 0.05) is 31.7 Å². The van der Waals surface area contributed by atoms with E-state index in [0.29, 0.717) is 29.3 Å². The van der Waals surface area contributed by atoms with Crippen molar-refractivity contribution >= 4 is 15.9 Å². The number of piperazine rings is 1. The number of sulfonamides is 1. The van der Waals surface area contributed by atoms with E-state index in [4.69, 9.17) is 4.74 Å². The average Bonchev–Trinajstić information content (AvgIpc) is 2.69. The second-order valence-electron chi connectivity index (χ2n) is 6.70. The molecule has 7 heteroatoms. The Morgan fingerprint density at radius 3 is 2.37 bits per heavy atom. The lowest BCUT2D eigenvalue weighted by molar-refractivity contribution is 0.0697. The van der Waals surface area contributed by atoms with Gasteiger partial charge in [-0.05, 0) is 49.2 Å². The Morgan fingerprint density at radius 2 is 1.70 bits per heavy atom. The molecule has 1 aliphatic rings. The highest BCUT2D eigenvalue weighted by molar-refractivity contribution is 7.89. The van der Waals surface area contributed by atoms with Crippen LogP contribution in [0.2, 0.25) is 0 Å². The molecule has 144 valence electrons. The van der Waals surface area contributed by atoms with Crippen LogP contribution in [0.3, 0.4) is 0 Å². The van der Waals surface area contributed by atoms with E-state index in [1.165, 1.54) is 4.31 Å². The van der Waals surface area contributed by atoms with Crippen molar-refractivity contribution < 1.29 is 17.9 Å². The molecule has 3 rings (SSSR count). The van der Waals surface area contributed by atoms with Crippen LogP contribution < -0.4 is 4.74 Å². The third-order valence-corrected chi connectivity index (χ3v) is 6.84. The molecule has 27 heavy (non-hydrogen) atoms. The van der Waals surface area contributed by atoms with E-state index < -0.39 is 10.0 Å². The summed E-state index contributed by atoms with van der Waals surface area (Å²) in [5.41, 5.74) is 2.18. The Morgan fingerprint density at radius 1 is 1.00 bits per heavy atom. The minimum Gasteiger partial charge on any atom is -0.497 e. The number of benzene rings is 2. The molecule has 0 spiro atoms. The zero-order valence-corrected chi connectivity index (χ0v) is 16.6. The molecule has 1 fully saturated rings. The van der Waals surface area contributed by atoms with Crippen molar-refractivity contribution in [2.45, 2.75) is 18.7 Å². The van der Waals surface area contributed by atoms with Crippen LogP contribution in [0.5, 0.6) is 5.75 Å². The number of aryl methyl sites for hydroxylation is 2. The van der Waals surface area contributed by atoms with Gasteiger partial charge in [0.2, 0.25) is 10.0 Å². The van der Waals surface area contributed by atoms with E-state index in [9.17, 15) is 13.2 Å². The van der Waals surface area contributed by atoms with Crippen LogP contribution in [0.1, 0.15) is 21.5 Å². The predicted molar refractivity (Wildman–Crippen MR) is 104 cm³/mol. The summed E-state index contributed by atoms with van der Waals surface area (Å²) >= 11 is 0. The van der Waals surface area contributed by atoms with Gasteiger partial charge < -0.3 is 9.64 Å². The number of rotatable bonds is 4. The molecule has 0 atom stereocenters. The van der Waals surface area contributed by atoms with Crippen LogP contribution in [-0.2, 0) is 10.0 Å². The molecule has 0 N–H and O–H groups in total. The first kappa shape index (κ1) is 19.4. The molecule has 2 aromatic carbocycles. The highest BCUT2D eigenvalue weighted by Gasteiger charge is 2.31. The van der Waals surface area contributed by atoms with Crippen molar-refractivity contribution in [2.75, 3.05) is 33.3 Å². The second-order valence-corrected chi connectivity index (χ2v) is 8.60. The van der Waals surface area contributed by atoms with Gasteiger partial charge in [0.05, 0.1) is 12.0 Å². The number of carbonyl (C=O) groups excluding carboxylic acids is 1. The third kappa shape index (κ3) is 3.99. The van der Waals surface area contributed by atoms with Gasteiger partial charge in [0.1, 0.15) is 5.75 Å². The summed E-state index contributed by atoms with van der Waals surface area (Å²) in [5, 5.41) is 0. The fourth-order valence-corrected chi connectivity index (χ4v) is 4.93. The summed E-state index contributed by atoms with van der Waals surface area (Å²) in [7, 11) is -2.01. The second kappa shape index (κ2) is 7.70. The number of ether oxygens (including phenoxy) is 1. The van der Waals surface area contributed by atoms with E-state index in [1.807, 2.05) is 19.1 Å². The van der Waals surface area contributed by atoms with E-state index in [0.717, 1.165) is 11.1 Å². The summed E-state index contributed by atoms with van der Waals surface area (Å²) in [6, 6.07) is 12.4.